The van der Waals surface area contributed by atoms with Gasteiger partial charge >= 0.3 is 12.0 Å². The van der Waals surface area contributed by atoms with Crippen LogP contribution in [-0.2, 0) is 4.79 Å². The molecule has 136 valence electrons. The number of benzene rings is 2. The maximum Gasteiger partial charge on any atom is 0.321 e. The van der Waals surface area contributed by atoms with Gasteiger partial charge < -0.3 is 15.3 Å². The number of carbonyl (C=O) groups excluding carboxylic acids is 1. The first kappa shape index (κ1) is 18.3. The fraction of sp³-hybridized carbons (Fsp3) is 0.300. The van der Waals surface area contributed by atoms with Gasteiger partial charge in [-0.1, -0.05) is 17.8 Å². The number of amides is 2. The first-order chi connectivity index (χ1) is 12.4. The van der Waals surface area contributed by atoms with Crippen LogP contribution >= 0.6 is 11.8 Å². The maximum absolute atomic E-state index is 12.2. The lowest BCUT2D eigenvalue weighted by atomic mass is 10.1. The molecular weight excluding hydrogens is 348 g/mol. The average Bonchev–Trinajstić information content (AvgIpc) is 3.10. The van der Waals surface area contributed by atoms with E-state index in [1.165, 1.54) is 16.0 Å². The zero-order chi connectivity index (χ0) is 18.7. The average molecular weight is 370 g/mol. The predicted molar refractivity (Wildman–Crippen MR) is 103 cm³/mol. The third-order valence-corrected chi connectivity index (χ3v) is 5.64. The van der Waals surface area contributed by atoms with Crippen LogP contribution in [0.2, 0.25) is 0 Å². The van der Waals surface area contributed by atoms with E-state index in [0.29, 0.717) is 18.7 Å². The van der Waals surface area contributed by atoms with E-state index in [0.717, 1.165) is 4.90 Å². The van der Waals surface area contributed by atoms with Crippen molar-refractivity contribution in [1.82, 2.24) is 4.90 Å². The van der Waals surface area contributed by atoms with Crippen molar-refractivity contribution in [2.24, 2.45) is 5.92 Å². The van der Waals surface area contributed by atoms with E-state index < -0.39 is 11.9 Å². The maximum atomic E-state index is 12.2. The summed E-state index contributed by atoms with van der Waals surface area (Å²) in [5.74, 6) is -1.30. The Morgan fingerprint density at radius 3 is 2.38 bits per heavy atom. The summed E-state index contributed by atoms with van der Waals surface area (Å²) in [5.41, 5.74) is 3.25. The molecular formula is C20H22N2O3S. The number of hydrogen-bond acceptors (Lipinski definition) is 3. The number of rotatable bonds is 4. The second-order valence-electron chi connectivity index (χ2n) is 6.57. The smallest absolute Gasteiger partial charge is 0.321 e. The molecule has 0 radical (unpaired) electrons. The summed E-state index contributed by atoms with van der Waals surface area (Å²) in [7, 11) is 0. The minimum atomic E-state index is -0.840. The summed E-state index contributed by atoms with van der Waals surface area (Å²) < 4.78 is 0. The fourth-order valence-corrected chi connectivity index (χ4v) is 3.78. The number of nitrogens with zero attached hydrogens (tertiary/aromatic N) is 1. The van der Waals surface area contributed by atoms with Gasteiger partial charge in [-0.2, -0.15) is 0 Å². The summed E-state index contributed by atoms with van der Waals surface area (Å²) in [5, 5.41) is 11.9. The van der Waals surface area contributed by atoms with E-state index in [-0.39, 0.29) is 12.6 Å². The number of nitrogens with one attached hydrogen (secondary N) is 1. The topological polar surface area (TPSA) is 69.6 Å². The van der Waals surface area contributed by atoms with Gasteiger partial charge in [0, 0.05) is 28.6 Å². The van der Waals surface area contributed by atoms with Crippen molar-refractivity contribution < 1.29 is 14.7 Å². The zero-order valence-corrected chi connectivity index (χ0v) is 15.7. The first-order valence-electron chi connectivity index (χ1n) is 8.56. The van der Waals surface area contributed by atoms with E-state index >= 15 is 0 Å². The molecule has 3 rings (SSSR count). The highest BCUT2D eigenvalue weighted by Gasteiger charge is 2.30. The molecule has 0 aliphatic carbocycles. The van der Waals surface area contributed by atoms with Gasteiger partial charge in [0.2, 0.25) is 0 Å². The molecule has 1 heterocycles. The lowest BCUT2D eigenvalue weighted by Gasteiger charge is -2.17. The van der Waals surface area contributed by atoms with Crippen LogP contribution in [0.15, 0.2) is 52.3 Å². The van der Waals surface area contributed by atoms with Crippen LogP contribution < -0.4 is 5.32 Å². The number of carboxylic acid groups (broad SMARTS) is 1. The van der Waals surface area contributed by atoms with Gasteiger partial charge in [0.25, 0.3) is 0 Å². The van der Waals surface area contributed by atoms with Gasteiger partial charge in [-0.15, -0.1) is 0 Å². The van der Waals surface area contributed by atoms with Gasteiger partial charge in [0.1, 0.15) is 0 Å². The zero-order valence-electron chi connectivity index (χ0n) is 14.9. The Morgan fingerprint density at radius 2 is 1.77 bits per heavy atom. The predicted octanol–water partition coefficient (Wildman–Crippen LogP) is 4.39. The minimum Gasteiger partial charge on any atom is -0.481 e. The van der Waals surface area contributed by atoms with Gasteiger partial charge in [0.15, 0.2) is 0 Å². The van der Waals surface area contributed by atoms with E-state index in [2.05, 4.69) is 37.4 Å². The number of urea groups is 1. The third-order valence-electron chi connectivity index (χ3n) is 4.64. The Bertz CT molecular complexity index is 820. The van der Waals surface area contributed by atoms with Crippen molar-refractivity contribution >= 4 is 29.4 Å². The molecule has 1 saturated heterocycles. The summed E-state index contributed by atoms with van der Waals surface area (Å²) >= 11 is 1.68. The molecule has 1 fully saturated rings. The molecule has 1 unspecified atom stereocenters. The summed E-state index contributed by atoms with van der Waals surface area (Å²) in [6, 6.07) is 13.8. The van der Waals surface area contributed by atoms with Gasteiger partial charge in [-0.05, 0) is 67.8 Å². The minimum absolute atomic E-state index is 0.247. The highest BCUT2D eigenvalue weighted by atomic mass is 32.2. The Kier molecular flexibility index (Phi) is 5.52. The number of aryl methyl sites for hydroxylation is 2. The largest absolute Gasteiger partial charge is 0.481 e. The molecule has 0 aromatic heterocycles. The molecule has 1 aliphatic rings. The molecule has 2 aromatic carbocycles. The quantitative estimate of drug-likeness (QED) is 0.837. The molecule has 1 aliphatic heterocycles. The second-order valence-corrected chi connectivity index (χ2v) is 7.72. The molecule has 5 nitrogen and oxygen atoms in total. The lowest BCUT2D eigenvalue weighted by molar-refractivity contribution is -0.141. The molecule has 26 heavy (non-hydrogen) atoms. The molecule has 2 N–H and O–H groups in total. The van der Waals surface area contributed by atoms with Crippen molar-refractivity contribution in [3.63, 3.8) is 0 Å². The Morgan fingerprint density at radius 1 is 1.08 bits per heavy atom. The van der Waals surface area contributed by atoms with Crippen molar-refractivity contribution in [2.45, 2.75) is 30.1 Å². The molecule has 0 bridgehead atoms. The van der Waals surface area contributed by atoms with Gasteiger partial charge in [0.05, 0.1) is 5.92 Å². The van der Waals surface area contributed by atoms with E-state index in [4.69, 9.17) is 5.11 Å². The standard InChI is InChI=1S/C20H22N2O3S/c1-13-3-6-18(11-14(13)2)26-17-7-4-16(5-8-17)21-20(25)22-10-9-15(12-22)19(23)24/h3-8,11,15H,9-10,12H2,1-2H3,(H,21,25)(H,23,24). The van der Waals surface area contributed by atoms with Crippen LogP contribution in [0.4, 0.5) is 10.5 Å². The van der Waals surface area contributed by atoms with Crippen LogP contribution in [0.25, 0.3) is 0 Å². The number of aliphatic carboxylic acids is 1. The van der Waals surface area contributed by atoms with E-state index in [1.807, 2.05) is 24.3 Å². The van der Waals surface area contributed by atoms with E-state index in [9.17, 15) is 9.59 Å². The number of carboxylic acids is 1. The molecule has 6 heteroatoms. The number of hydrogen-bond donors (Lipinski definition) is 2. The van der Waals surface area contributed by atoms with Crippen molar-refractivity contribution in [3.8, 4) is 0 Å². The van der Waals surface area contributed by atoms with Gasteiger partial charge in [-0.25, -0.2) is 4.79 Å². The molecule has 1 atom stereocenters. The molecule has 2 aromatic rings. The monoisotopic (exact) mass is 370 g/mol. The van der Waals surface area contributed by atoms with Crippen LogP contribution in [0, 0.1) is 19.8 Å². The van der Waals surface area contributed by atoms with Crippen molar-refractivity contribution in [1.29, 1.82) is 0 Å². The lowest BCUT2D eigenvalue weighted by Crippen LogP contribution is -2.33. The summed E-state index contributed by atoms with van der Waals surface area (Å²) in [6.45, 7) is 4.94. The van der Waals surface area contributed by atoms with Crippen LogP contribution in [0.1, 0.15) is 17.5 Å². The summed E-state index contributed by atoms with van der Waals surface area (Å²) in [4.78, 5) is 27.1. The molecule has 0 saturated carbocycles. The molecule has 0 spiro atoms. The Balaban J connectivity index is 1.58. The summed E-state index contributed by atoms with van der Waals surface area (Å²) in [6.07, 6.45) is 0.508. The van der Waals surface area contributed by atoms with Crippen molar-refractivity contribution in [2.75, 3.05) is 18.4 Å². The Labute approximate surface area is 157 Å². The Hall–Kier alpha value is -2.47. The normalized spacial score (nSPS) is 16.5. The van der Waals surface area contributed by atoms with Gasteiger partial charge in [-0.3, -0.25) is 4.79 Å². The number of likely N-dealkylation sites (tertiary alicyclic amines) is 1. The highest BCUT2D eigenvalue weighted by molar-refractivity contribution is 7.99. The number of carbonyl (C=O) groups is 2. The van der Waals surface area contributed by atoms with Crippen molar-refractivity contribution in [3.05, 3.63) is 53.6 Å². The van der Waals surface area contributed by atoms with Crippen LogP contribution in [0.3, 0.4) is 0 Å². The molecule has 2 amide bonds. The SMILES string of the molecule is Cc1ccc(Sc2ccc(NC(=O)N3CCC(C(=O)O)C3)cc2)cc1C. The van der Waals surface area contributed by atoms with E-state index in [1.54, 1.807) is 16.7 Å². The van der Waals surface area contributed by atoms with Crippen LogP contribution in [0.5, 0.6) is 0 Å². The highest BCUT2D eigenvalue weighted by Crippen LogP contribution is 2.30. The third kappa shape index (κ3) is 4.38. The fourth-order valence-electron chi connectivity index (χ4n) is 2.87. The second kappa shape index (κ2) is 7.83. The first-order valence-corrected chi connectivity index (χ1v) is 9.38. The van der Waals surface area contributed by atoms with Crippen LogP contribution in [-0.4, -0.2) is 35.1 Å². The number of anilines is 1.